The molecule has 6 heteroatoms. The van der Waals surface area contributed by atoms with E-state index in [4.69, 9.17) is 9.97 Å². The van der Waals surface area contributed by atoms with Crippen LogP contribution in [-0.4, -0.2) is 29.9 Å². The number of para-hydroxylation sites is 1. The smallest absolute Gasteiger partial charge is 0.160 e. The summed E-state index contributed by atoms with van der Waals surface area (Å²) in [4.78, 5) is 28.3. The molecule has 0 N–H and O–H groups in total. The molecule has 0 radical (unpaired) electrons. The Balaban J connectivity index is 1.17. The average Bonchev–Trinajstić information content (AvgIpc) is 3.24. The fourth-order valence-corrected chi connectivity index (χ4v) is 6.48. The molecule has 0 unspecified atom stereocenters. The first kappa shape index (κ1) is 30.8. The molecule has 0 fully saturated rings. The lowest BCUT2D eigenvalue weighted by Gasteiger charge is -2.14. The van der Waals surface area contributed by atoms with E-state index in [1.54, 1.807) is 12.4 Å². The van der Waals surface area contributed by atoms with Crippen molar-refractivity contribution >= 4 is 10.9 Å². The van der Waals surface area contributed by atoms with E-state index in [9.17, 15) is 0 Å². The van der Waals surface area contributed by atoms with Gasteiger partial charge in [0, 0.05) is 58.0 Å². The van der Waals surface area contributed by atoms with E-state index < -0.39 is 0 Å². The molecule has 0 amide bonds. The molecule has 0 aliphatic carbocycles. The molecule has 9 aromatic rings. The lowest BCUT2D eigenvalue weighted by atomic mass is 9.94. The van der Waals surface area contributed by atoms with Crippen molar-refractivity contribution < 1.29 is 0 Å². The van der Waals surface area contributed by atoms with Gasteiger partial charge in [0.15, 0.2) is 11.6 Å². The number of fused-ring (bicyclic) bond motifs is 1. The van der Waals surface area contributed by atoms with Gasteiger partial charge < -0.3 is 0 Å². The quantitative estimate of drug-likeness (QED) is 0.168. The molecule has 0 saturated carbocycles. The number of hydrogen-bond donors (Lipinski definition) is 0. The Bertz CT molecular complexity index is 2530. The topological polar surface area (TPSA) is 77.3 Å². The van der Waals surface area contributed by atoms with Crippen LogP contribution in [0.15, 0.2) is 183 Å². The average molecular weight is 667 g/mol. The Morgan fingerprint density at radius 2 is 0.769 bits per heavy atom. The molecular weight excluding hydrogens is 637 g/mol. The molecule has 0 bridgehead atoms. The maximum atomic E-state index is 5.26. The Morgan fingerprint density at radius 3 is 1.35 bits per heavy atom. The van der Waals surface area contributed by atoms with Gasteiger partial charge in [0.1, 0.15) is 0 Å². The molecule has 9 rings (SSSR count). The Labute approximate surface area is 301 Å². The molecule has 0 aliphatic rings. The molecule has 6 nitrogen and oxygen atoms in total. The van der Waals surface area contributed by atoms with Crippen LogP contribution in [0.2, 0.25) is 0 Å². The first-order chi connectivity index (χ1) is 25.7. The van der Waals surface area contributed by atoms with E-state index in [0.717, 1.165) is 78.1 Å². The van der Waals surface area contributed by atoms with Crippen molar-refractivity contribution in [3.05, 3.63) is 183 Å². The van der Waals surface area contributed by atoms with Gasteiger partial charge in [-0.15, -0.1) is 0 Å². The zero-order valence-corrected chi connectivity index (χ0v) is 28.0. The van der Waals surface area contributed by atoms with Crippen LogP contribution in [0.3, 0.4) is 0 Å². The number of rotatable bonds is 7. The number of pyridine rings is 2. The third kappa shape index (κ3) is 6.21. The van der Waals surface area contributed by atoms with Crippen molar-refractivity contribution in [2.24, 2.45) is 0 Å². The standard InChI is InChI=1S/C46H30N6/c1-2-11-43-40(8-1)44(35-20-22-36(23-21-35)45-49-26-7-27-50-45)52-46(51-43)39-29-37(31-12-16-33(17-13-31)41-9-3-5-24-47-41)28-38(30-39)32-14-18-34(19-15-32)42-10-4-6-25-48-42/h1-30H. The van der Waals surface area contributed by atoms with Crippen LogP contribution in [0.25, 0.3) is 89.7 Å². The van der Waals surface area contributed by atoms with E-state index in [1.165, 1.54) is 0 Å². The normalized spacial score (nSPS) is 11.1. The second-order valence-corrected chi connectivity index (χ2v) is 12.4. The predicted molar refractivity (Wildman–Crippen MR) is 209 cm³/mol. The molecule has 52 heavy (non-hydrogen) atoms. The molecule has 0 spiro atoms. The minimum atomic E-state index is 0.655. The monoisotopic (exact) mass is 666 g/mol. The highest BCUT2D eigenvalue weighted by Gasteiger charge is 2.15. The van der Waals surface area contributed by atoms with Crippen molar-refractivity contribution in [1.29, 1.82) is 0 Å². The lowest BCUT2D eigenvalue weighted by molar-refractivity contribution is 1.18. The minimum absolute atomic E-state index is 0.655. The predicted octanol–water partition coefficient (Wildman–Crippen LogP) is 10.9. The number of hydrogen-bond acceptors (Lipinski definition) is 6. The largest absolute Gasteiger partial charge is 0.256 e. The van der Waals surface area contributed by atoms with E-state index in [2.05, 4.69) is 105 Å². The Hall–Kier alpha value is -7.18. The summed E-state index contributed by atoms with van der Waals surface area (Å²) in [6.45, 7) is 0. The molecule has 0 saturated heterocycles. The number of benzene rings is 5. The number of nitrogens with zero attached hydrogens (tertiary/aromatic N) is 6. The van der Waals surface area contributed by atoms with Crippen LogP contribution in [0.1, 0.15) is 0 Å². The highest BCUT2D eigenvalue weighted by Crippen LogP contribution is 2.36. The van der Waals surface area contributed by atoms with Gasteiger partial charge in [-0.2, -0.15) is 0 Å². The molecular formula is C46H30N6. The van der Waals surface area contributed by atoms with E-state index >= 15 is 0 Å². The minimum Gasteiger partial charge on any atom is -0.256 e. The van der Waals surface area contributed by atoms with Gasteiger partial charge >= 0.3 is 0 Å². The van der Waals surface area contributed by atoms with Crippen LogP contribution < -0.4 is 0 Å². The fourth-order valence-electron chi connectivity index (χ4n) is 6.48. The third-order valence-corrected chi connectivity index (χ3v) is 9.13. The van der Waals surface area contributed by atoms with Gasteiger partial charge in [0.05, 0.1) is 22.6 Å². The fraction of sp³-hybridized carbons (Fsp3) is 0. The molecule has 244 valence electrons. The van der Waals surface area contributed by atoms with Crippen LogP contribution in [-0.2, 0) is 0 Å². The Morgan fingerprint density at radius 1 is 0.288 bits per heavy atom. The van der Waals surface area contributed by atoms with Gasteiger partial charge in [-0.25, -0.2) is 19.9 Å². The molecule has 4 aromatic heterocycles. The van der Waals surface area contributed by atoms with Gasteiger partial charge in [-0.3, -0.25) is 9.97 Å². The van der Waals surface area contributed by atoms with Crippen molar-refractivity contribution in [3.63, 3.8) is 0 Å². The summed E-state index contributed by atoms with van der Waals surface area (Å²) in [5.41, 5.74) is 13.0. The summed E-state index contributed by atoms with van der Waals surface area (Å²) in [6, 6.07) is 53.9. The SMILES string of the molecule is c1ccc(-c2ccc(-c3cc(-c4ccc(-c5ccccn5)cc4)cc(-c4nc(-c5ccc(-c6ncccn6)cc5)c5ccccc5n4)c3)cc2)nc1. The second kappa shape index (κ2) is 13.6. The highest BCUT2D eigenvalue weighted by molar-refractivity contribution is 5.94. The highest BCUT2D eigenvalue weighted by atomic mass is 14.9. The zero-order valence-electron chi connectivity index (χ0n) is 28.0. The maximum Gasteiger partial charge on any atom is 0.160 e. The molecule has 0 atom stereocenters. The zero-order chi connectivity index (χ0) is 34.7. The second-order valence-electron chi connectivity index (χ2n) is 12.4. The van der Waals surface area contributed by atoms with Crippen LogP contribution >= 0.6 is 0 Å². The van der Waals surface area contributed by atoms with Crippen molar-refractivity contribution in [1.82, 2.24) is 29.9 Å². The summed E-state index contributed by atoms with van der Waals surface area (Å²) < 4.78 is 0. The van der Waals surface area contributed by atoms with Crippen molar-refractivity contribution in [3.8, 4) is 78.8 Å². The van der Waals surface area contributed by atoms with E-state index in [0.29, 0.717) is 11.6 Å². The molecule has 0 aliphatic heterocycles. The summed E-state index contributed by atoms with van der Waals surface area (Å²) in [5.74, 6) is 1.34. The summed E-state index contributed by atoms with van der Waals surface area (Å²) in [6.07, 6.45) is 7.16. The third-order valence-electron chi connectivity index (χ3n) is 9.13. The van der Waals surface area contributed by atoms with Crippen LogP contribution in [0, 0.1) is 0 Å². The molecule has 4 heterocycles. The van der Waals surface area contributed by atoms with Crippen LogP contribution in [0.5, 0.6) is 0 Å². The maximum absolute atomic E-state index is 5.26. The first-order valence-corrected chi connectivity index (χ1v) is 17.1. The van der Waals surface area contributed by atoms with Gasteiger partial charge in [-0.05, 0) is 76.9 Å². The van der Waals surface area contributed by atoms with Gasteiger partial charge in [-0.1, -0.05) is 103 Å². The van der Waals surface area contributed by atoms with Crippen molar-refractivity contribution in [2.75, 3.05) is 0 Å². The summed E-state index contributed by atoms with van der Waals surface area (Å²) >= 11 is 0. The van der Waals surface area contributed by atoms with E-state index in [1.807, 2.05) is 85.2 Å². The Kier molecular flexibility index (Phi) is 8.08. The number of aromatic nitrogens is 6. The van der Waals surface area contributed by atoms with E-state index in [-0.39, 0.29) is 0 Å². The first-order valence-electron chi connectivity index (χ1n) is 17.1. The lowest BCUT2D eigenvalue weighted by Crippen LogP contribution is -1.96. The van der Waals surface area contributed by atoms with Gasteiger partial charge in [0.2, 0.25) is 0 Å². The van der Waals surface area contributed by atoms with Crippen molar-refractivity contribution in [2.45, 2.75) is 0 Å². The van der Waals surface area contributed by atoms with Gasteiger partial charge in [0.25, 0.3) is 0 Å². The molecule has 5 aromatic carbocycles. The summed E-state index contributed by atoms with van der Waals surface area (Å²) in [5, 5.41) is 0.988. The summed E-state index contributed by atoms with van der Waals surface area (Å²) in [7, 11) is 0. The van der Waals surface area contributed by atoms with Crippen LogP contribution in [0.4, 0.5) is 0 Å².